The molecule has 5 rings (SSSR count). The second-order valence-electron chi connectivity index (χ2n) is 11.1. The average Bonchev–Trinajstić information content (AvgIpc) is 3.07. The minimum absolute atomic E-state index is 0.00672. The summed E-state index contributed by atoms with van der Waals surface area (Å²) in [5.41, 5.74) is -1.28. The van der Waals surface area contributed by atoms with Crippen molar-refractivity contribution in [2.24, 2.45) is 17.3 Å². The van der Waals surface area contributed by atoms with E-state index in [4.69, 9.17) is 9.47 Å². The van der Waals surface area contributed by atoms with Crippen LogP contribution in [0.25, 0.3) is 0 Å². The lowest BCUT2D eigenvalue weighted by molar-refractivity contribution is -0.270. The highest BCUT2D eigenvalue weighted by molar-refractivity contribution is 5.75. The van der Waals surface area contributed by atoms with Crippen LogP contribution < -0.4 is 4.90 Å². The number of carbonyl (C=O) groups is 1. The number of halogens is 1. The van der Waals surface area contributed by atoms with Crippen LogP contribution in [0.3, 0.4) is 0 Å². The van der Waals surface area contributed by atoms with E-state index in [1.165, 1.54) is 6.07 Å². The second-order valence-corrected chi connectivity index (χ2v) is 11.1. The van der Waals surface area contributed by atoms with Gasteiger partial charge in [-0.3, -0.25) is 9.69 Å². The number of aliphatic hydroxyl groups is 1. The number of hydrogen-bond acceptors (Lipinski definition) is 6. The first kappa shape index (κ1) is 23.1. The Morgan fingerprint density at radius 2 is 1.88 bits per heavy atom. The fraction of sp³-hybridized carbons (Fsp3) is 0.731. The van der Waals surface area contributed by atoms with E-state index in [0.29, 0.717) is 25.1 Å². The second kappa shape index (κ2) is 8.21. The molecule has 6 atom stereocenters. The molecule has 0 bridgehead atoms. The Hall–Kier alpha value is -1.70. The zero-order chi connectivity index (χ0) is 23.4. The molecule has 0 amide bonds. The highest BCUT2D eigenvalue weighted by Crippen LogP contribution is 2.61. The van der Waals surface area contributed by atoms with Crippen LogP contribution in [0.2, 0.25) is 0 Å². The number of esters is 1. The molecule has 1 aromatic rings. The summed E-state index contributed by atoms with van der Waals surface area (Å²) < 4.78 is 26.0. The van der Waals surface area contributed by atoms with Crippen LogP contribution in [0.15, 0.2) is 24.3 Å². The maximum atomic E-state index is 14.2. The van der Waals surface area contributed by atoms with Gasteiger partial charge in [-0.1, -0.05) is 19.1 Å². The first-order chi connectivity index (χ1) is 15.7. The molecule has 2 saturated heterocycles. The van der Waals surface area contributed by atoms with Crippen molar-refractivity contribution >= 4 is 11.7 Å². The summed E-state index contributed by atoms with van der Waals surface area (Å²) in [5.74, 6) is -0.578. The van der Waals surface area contributed by atoms with Crippen molar-refractivity contribution < 1.29 is 23.8 Å². The van der Waals surface area contributed by atoms with Crippen LogP contribution in [-0.4, -0.2) is 73.1 Å². The molecule has 2 saturated carbocycles. The quantitative estimate of drug-likeness (QED) is 0.697. The van der Waals surface area contributed by atoms with E-state index in [1.807, 2.05) is 19.1 Å². The van der Waals surface area contributed by atoms with Gasteiger partial charge < -0.3 is 19.5 Å². The zero-order valence-electron chi connectivity index (χ0n) is 20.1. The number of ether oxygens (including phenoxy) is 2. The summed E-state index contributed by atoms with van der Waals surface area (Å²) in [6.07, 6.45) is 3.84. The molecule has 2 heterocycles. The molecular formula is C26H37FN2O4. The van der Waals surface area contributed by atoms with Crippen LogP contribution in [0.5, 0.6) is 0 Å². The van der Waals surface area contributed by atoms with Gasteiger partial charge in [-0.15, -0.1) is 0 Å². The van der Waals surface area contributed by atoms with E-state index >= 15 is 0 Å². The molecule has 33 heavy (non-hydrogen) atoms. The first-order valence-corrected chi connectivity index (χ1v) is 12.4. The number of piperazine rings is 1. The molecule has 0 aromatic heterocycles. The number of carbonyl (C=O) groups excluding carboxylic acids is 1. The third kappa shape index (κ3) is 3.58. The van der Waals surface area contributed by atoms with Gasteiger partial charge in [0.1, 0.15) is 11.9 Å². The lowest BCUT2D eigenvalue weighted by Gasteiger charge is -2.62. The van der Waals surface area contributed by atoms with E-state index in [0.717, 1.165) is 45.4 Å². The van der Waals surface area contributed by atoms with Gasteiger partial charge in [0.25, 0.3) is 0 Å². The van der Waals surface area contributed by atoms with Gasteiger partial charge in [0.05, 0.1) is 22.8 Å². The van der Waals surface area contributed by atoms with Gasteiger partial charge >= 0.3 is 5.97 Å². The molecule has 0 radical (unpaired) electrons. The van der Waals surface area contributed by atoms with E-state index in [1.54, 1.807) is 13.2 Å². The highest BCUT2D eigenvalue weighted by Gasteiger charge is 2.67. The van der Waals surface area contributed by atoms with Crippen molar-refractivity contribution in [3.8, 4) is 0 Å². The van der Waals surface area contributed by atoms with Crippen molar-refractivity contribution in [2.45, 2.75) is 63.3 Å². The molecule has 4 fully saturated rings. The van der Waals surface area contributed by atoms with Gasteiger partial charge in [-0.05, 0) is 51.2 Å². The lowest BCUT2D eigenvalue weighted by atomic mass is 9.49. The van der Waals surface area contributed by atoms with Gasteiger partial charge in [-0.2, -0.15) is 0 Å². The summed E-state index contributed by atoms with van der Waals surface area (Å²) >= 11 is 0. The predicted octanol–water partition coefficient (Wildman–Crippen LogP) is 3.23. The molecule has 2 aliphatic heterocycles. The predicted molar refractivity (Wildman–Crippen MR) is 123 cm³/mol. The number of rotatable bonds is 4. The number of fused-ring (bicyclic) bond motifs is 2. The van der Waals surface area contributed by atoms with Crippen LogP contribution >= 0.6 is 0 Å². The number of benzene rings is 1. The van der Waals surface area contributed by atoms with E-state index in [2.05, 4.69) is 16.7 Å². The Balaban J connectivity index is 1.29. The Labute approximate surface area is 196 Å². The number of hydrogen-bond donors (Lipinski definition) is 1. The third-order valence-corrected chi connectivity index (χ3v) is 9.47. The van der Waals surface area contributed by atoms with Crippen molar-refractivity contribution in [2.75, 3.05) is 44.7 Å². The summed E-state index contributed by atoms with van der Waals surface area (Å²) in [6, 6.07) is 6.89. The normalized spacial score (nSPS) is 41.4. The molecule has 182 valence electrons. The number of methoxy groups -OCH3 is 1. The molecule has 6 nitrogen and oxygen atoms in total. The van der Waals surface area contributed by atoms with Gasteiger partial charge in [0.15, 0.2) is 0 Å². The highest BCUT2D eigenvalue weighted by atomic mass is 19.1. The van der Waals surface area contributed by atoms with Crippen molar-refractivity contribution in [1.29, 1.82) is 0 Å². The first-order valence-electron chi connectivity index (χ1n) is 12.4. The van der Waals surface area contributed by atoms with E-state index in [-0.39, 0.29) is 35.1 Å². The number of para-hydroxylation sites is 1. The smallest absolute Gasteiger partial charge is 0.310 e. The van der Waals surface area contributed by atoms with E-state index < -0.39 is 11.2 Å². The minimum Gasteiger partial charge on any atom is -0.462 e. The maximum absolute atomic E-state index is 14.2. The topological polar surface area (TPSA) is 62.2 Å². The zero-order valence-corrected chi connectivity index (χ0v) is 20.1. The summed E-state index contributed by atoms with van der Waals surface area (Å²) in [4.78, 5) is 17.3. The summed E-state index contributed by atoms with van der Waals surface area (Å²) in [6.45, 7) is 7.78. The monoisotopic (exact) mass is 460 g/mol. The molecule has 1 aromatic carbocycles. The van der Waals surface area contributed by atoms with Crippen molar-refractivity contribution in [1.82, 2.24) is 4.90 Å². The summed E-state index contributed by atoms with van der Waals surface area (Å²) in [7, 11) is 1.69. The molecule has 4 aliphatic rings. The fourth-order valence-corrected chi connectivity index (χ4v) is 7.25. The number of nitrogens with zero attached hydrogens (tertiary/aromatic N) is 2. The molecule has 1 N–H and O–H groups in total. The van der Waals surface area contributed by atoms with E-state index in [9.17, 15) is 14.3 Å². The Morgan fingerprint density at radius 1 is 1.15 bits per heavy atom. The minimum atomic E-state index is -0.982. The largest absolute Gasteiger partial charge is 0.462 e. The van der Waals surface area contributed by atoms with Crippen LogP contribution in [0.1, 0.15) is 46.0 Å². The molecule has 7 heteroatoms. The van der Waals surface area contributed by atoms with Crippen molar-refractivity contribution in [3.05, 3.63) is 30.1 Å². The molecule has 2 aliphatic carbocycles. The SMILES string of the molecule is CO[C@]1(C)CCC[C@]2(C)C[C@H]3OC(=O)[C@@H](CN4CCN(c5ccccc5F)CC4)[C@@H]3C[C@@]21O. The van der Waals surface area contributed by atoms with Gasteiger partial charge in [0, 0.05) is 51.2 Å². The summed E-state index contributed by atoms with van der Waals surface area (Å²) in [5, 5.41) is 12.1. The van der Waals surface area contributed by atoms with Gasteiger partial charge in [-0.25, -0.2) is 4.39 Å². The Morgan fingerprint density at radius 3 is 2.58 bits per heavy atom. The van der Waals surface area contributed by atoms with Crippen LogP contribution in [-0.2, 0) is 14.3 Å². The van der Waals surface area contributed by atoms with Crippen molar-refractivity contribution in [3.63, 3.8) is 0 Å². The average molecular weight is 461 g/mol. The third-order valence-electron chi connectivity index (χ3n) is 9.47. The van der Waals surface area contributed by atoms with Gasteiger partial charge in [0.2, 0.25) is 0 Å². The molecule has 0 spiro atoms. The molecule has 0 unspecified atom stereocenters. The molecular weight excluding hydrogens is 423 g/mol. The van der Waals surface area contributed by atoms with Crippen LogP contribution in [0, 0.1) is 23.1 Å². The fourth-order valence-electron chi connectivity index (χ4n) is 7.25. The number of anilines is 1. The lowest BCUT2D eigenvalue weighted by Crippen LogP contribution is -2.69. The Bertz CT molecular complexity index is 906. The maximum Gasteiger partial charge on any atom is 0.310 e. The Kier molecular flexibility index (Phi) is 5.73. The standard InChI is InChI=1S/C26H37FN2O4/c1-24-9-6-10-25(2,32-3)26(24,31)15-18-19(23(30)33-22(18)16-24)17-28-11-13-29(14-12-28)21-8-5-4-7-20(21)27/h4-5,7-8,18-19,22,31H,6,9-17H2,1-3H3/t18-,19-,22+,24+,25+,26+/m0/s1. The van der Waals surface area contributed by atoms with Crippen LogP contribution in [0.4, 0.5) is 10.1 Å².